The summed E-state index contributed by atoms with van der Waals surface area (Å²) in [6.45, 7) is 0.858. The molecule has 4 rings (SSSR count). The molecule has 1 aromatic carbocycles. The lowest BCUT2D eigenvalue weighted by atomic mass is 10.1. The minimum absolute atomic E-state index is 0.0559. The minimum atomic E-state index is -1.25. The maximum absolute atomic E-state index is 13.0. The van der Waals surface area contributed by atoms with E-state index in [4.69, 9.17) is 11.6 Å². The molecule has 0 radical (unpaired) electrons. The number of hydrogen-bond donors (Lipinski definition) is 4. The molecule has 192 valence electrons. The third-order valence-corrected chi connectivity index (χ3v) is 7.05. The van der Waals surface area contributed by atoms with E-state index in [9.17, 15) is 29.4 Å². The molecule has 0 unspecified atom stereocenters. The molecule has 2 aliphatic heterocycles. The summed E-state index contributed by atoms with van der Waals surface area (Å²) in [4.78, 5) is 60.6. The first-order valence-corrected chi connectivity index (χ1v) is 12.6. The van der Waals surface area contributed by atoms with E-state index in [0.29, 0.717) is 11.0 Å². The van der Waals surface area contributed by atoms with Crippen molar-refractivity contribution in [2.24, 2.45) is 0 Å². The van der Waals surface area contributed by atoms with Gasteiger partial charge in [0.15, 0.2) is 5.82 Å². The lowest BCUT2D eigenvalue weighted by Crippen LogP contribution is -2.55. The Hall–Kier alpha value is -3.16. The molecule has 2 atom stereocenters. The fourth-order valence-corrected chi connectivity index (χ4v) is 4.82. The smallest absolute Gasteiger partial charge is 0.408 e. The summed E-state index contributed by atoms with van der Waals surface area (Å²) in [6.07, 6.45) is -0.523. The Bertz CT molecular complexity index is 1180. The van der Waals surface area contributed by atoms with E-state index in [-0.39, 0.29) is 67.4 Å². The molecular weight excluding hydrogens is 560 g/mol. The Balaban J connectivity index is 1.35. The van der Waals surface area contributed by atoms with Crippen molar-refractivity contribution in [2.45, 2.75) is 23.9 Å². The summed E-state index contributed by atoms with van der Waals surface area (Å²) in [6, 6.07) is 3.64. The molecule has 0 bridgehead atoms. The van der Waals surface area contributed by atoms with Crippen molar-refractivity contribution in [3.63, 3.8) is 0 Å². The molecule has 0 saturated carbocycles. The third-order valence-electron chi connectivity index (χ3n) is 6.13. The number of benzene rings is 1. The second-order valence-electron chi connectivity index (χ2n) is 8.50. The highest BCUT2D eigenvalue weighted by atomic mass is 79.9. The van der Waals surface area contributed by atoms with Crippen LogP contribution in [0.4, 0.5) is 10.5 Å². The average molecular weight is 584 g/mol. The summed E-state index contributed by atoms with van der Waals surface area (Å²) in [5.41, 5.74) is 1.40. The molecule has 3 heterocycles. The number of aliphatic hydroxyl groups excluding tert-OH is 1. The van der Waals surface area contributed by atoms with Crippen LogP contribution in [0.25, 0.3) is 0 Å². The van der Waals surface area contributed by atoms with Gasteiger partial charge in [-0.25, -0.2) is 9.78 Å². The van der Waals surface area contributed by atoms with Gasteiger partial charge in [-0.15, -0.1) is 0 Å². The van der Waals surface area contributed by atoms with Gasteiger partial charge in [-0.2, -0.15) is 0 Å². The van der Waals surface area contributed by atoms with Gasteiger partial charge in [0, 0.05) is 55.5 Å². The van der Waals surface area contributed by atoms with Gasteiger partial charge in [0.25, 0.3) is 11.8 Å². The van der Waals surface area contributed by atoms with E-state index in [2.05, 4.69) is 31.2 Å². The van der Waals surface area contributed by atoms with Crippen LogP contribution in [-0.4, -0.2) is 104 Å². The van der Waals surface area contributed by atoms with Crippen molar-refractivity contribution >= 4 is 57.0 Å². The fraction of sp³-hybridized carbons (Fsp3) is 0.409. The van der Waals surface area contributed by atoms with Crippen molar-refractivity contribution in [3.05, 3.63) is 46.5 Å². The Kier molecular flexibility index (Phi) is 7.81. The molecule has 2 fully saturated rings. The molecule has 4 amide bonds. The van der Waals surface area contributed by atoms with Crippen LogP contribution in [0.3, 0.4) is 0 Å². The summed E-state index contributed by atoms with van der Waals surface area (Å²) >= 11 is 9.62. The largest absolute Gasteiger partial charge is 0.465 e. The van der Waals surface area contributed by atoms with Crippen LogP contribution in [0.2, 0.25) is 5.02 Å². The lowest BCUT2D eigenvalue weighted by molar-refractivity contribution is -0.137. The van der Waals surface area contributed by atoms with E-state index < -0.39 is 24.1 Å². The fourth-order valence-electron chi connectivity index (χ4n) is 4.27. The number of carbonyl (C=O) groups is 4. The summed E-state index contributed by atoms with van der Waals surface area (Å²) < 4.78 is 0. The number of nitrogens with zero attached hydrogens (tertiary/aromatic N) is 4. The van der Waals surface area contributed by atoms with Gasteiger partial charge in [-0.1, -0.05) is 27.5 Å². The average Bonchev–Trinajstić information content (AvgIpc) is 3.50. The van der Waals surface area contributed by atoms with Crippen LogP contribution in [0.5, 0.6) is 0 Å². The number of alkyl halides is 1. The van der Waals surface area contributed by atoms with Crippen molar-refractivity contribution in [2.75, 3.05) is 38.0 Å². The number of hydrogen-bond acceptors (Lipinski definition) is 6. The van der Waals surface area contributed by atoms with E-state index >= 15 is 0 Å². The number of nitrogens with one attached hydrogen (secondary N) is 2. The van der Waals surface area contributed by atoms with E-state index in [1.807, 2.05) is 0 Å². The first-order chi connectivity index (χ1) is 17.2. The highest BCUT2D eigenvalue weighted by molar-refractivity contribution is 9.08. The zero-order chi connectivity index (χ0) is 26.0. The molecule has 0 aliphatic carbocycles. The molecular formula is C22H24BrClN6O6. The number of rotatable bonds is 5. The number of piperazine rings is 1. The first kappa shape index (κ1) is 25.9. The number of halogens is 2. The topological polar surface area (TPSA) is 159 Å². The number of anilines is 1. The van der Waals surface area contributed by atoms with Crippen LogP contribution in [-0.2, 0) is 10.1 Å². The van der Waals surface area contributed by atoms with Crippen LogP contribution in [0.1, 0.15) is 33.1 Å². The van der Waals surface area contributed by atoms with E-state index in [1.54, 1.807) is 17.2 Å². The number of aromatic amines is 1. The monoisotopic (exact) mass is 582 g/mol. The molecule has 2 saturated heterocycles. The first-order valence-electron chi connectivity index (χ1n) is 11.1. The molecule has 12 nitrogen and oxygen atoms in total. The van der Waals surface area contributed by atoms with Gasteiger partial charge in [0.1, 0.15) is 6.04 Å². The number of carbonyl (C=O) groups excluding carboxylic acids is 3. The normalized spacial score (nSPS) is 19.9. The molecule has 1 aromatic heterocycles. The van der Waals surface area contributed by atoms with E-state index in [0.717, 1.165) is 10.6 Å². The van der Waals surface area contributed by atoms with Crippen LogP contribution in [0.15, 0.2) is 24.4 Å². The van der Waals surface area contributed by atoms with Gasteiger partial charge in [-0.05, 0) is 18.2 Å². The van der Waals surface area contributed by atoms with Crippen molar-refractivity contribution < 1.29 is 29.4 Å². The van der Waals surface area contributed by atoms with Gasteiger partial charge >= 0.3 is 6.09 Å². The standard InChI is InChI=1S/C22H24BrClN6O6/c23-9-13-10-25-18(26-13)19(32)27-12-1-2-15(16(24)7-12)20(33)28-3-5-29(6-4-28)21(34)17-8-14(31)11-30(17)22(35)36/h1-2,7,10,14,17,31H,3-6,8-9,11H2,(H,25,26)(H,27,32)(H,35,36)/t14-,17+/m1/s1. The zero-order valence-electron chi connectivity index (χ0n) is 19.0. The molecule has 2 aliphatic rings. The quantitative estimate of drug-likeness (QED) is 0.389. The summed E-state index contributed by atoms with van der Waals surface area (Å²) in [7, 11) is 0. The number of H-pyrrole nitrogens is 1. The summed E-state index contributed by atoms with van der Waals surface area (Å²) in [5.74, 6) is -0.999. The van der Waals surface area contributed by atoms with Gasteiger partial charge in [-0.3, -0.25) is 19.3 Å². The summed E-state index contributed by atoms with van der Waals surface area (Å²) in [5, 5.41) is 22.5. The maximum Gasteiger partial charge on any atom is 0.408 e. The number of amides is 4. The van der Waals surface area contributed by atoms with Crippen molar-refractivity contribution in [1.29, 1.82) is 0 Å². The minimum Gasteiger partial charge on any atom is -0.465 e. The predicted molar refractivity (Wildman–Crippen MR) is 132 cm³/mol. The zero-order valence-corrected chi connectivity index (χ0v) is 21.3. The lowest BCUT2D eigenvalue weighted by Gasteiger charge is -2.37. The third kappa shape index (κ3) is 5.47. The number of carboxylic acid groups (broad SMARTS) is 1. The Labute approximate surface area is 219 Å². The number of aliphatic hydroxyl groups is 1. The Morgan fingerprint density at radius 3 is 2.47 bits per heavy atom. The molecule has 2 aromatic rings. The molecule has 36 heavy (non-hydrogen) atoms. The highest BCUT2D eigenvalue weighted by Crippen LogP contribution is 2.25. The van der Waals surface area contributed by atoms with Gasteiger partial charge in [0.2, 0.25) is 5.91 Å². The highest BCUT2D eigenvalue weighted by Gasteiger charge is 2.41. The Morgan fingerprint density at radius 1 is 1.17 bits per heavy atom. The number of likely N-dealkylation sites (tertiary alicyclic amines) is 1. The predicted octanol–water partition coefficient (Wildman–Crippen LogP) is 1.61. The number of β-amino-alcohol motifs (C(OH)–C–C–N with tert-alkyl or cyclic N) is 1. The van der Waals surface area contributed by atoms with Crippen LogP contribution >= 0.6 is 27.5 Å². The van der Waals surface area contributed by atoms with Crippen molar-refractivity contribution in [1.82, 2.24) is 24.7 Å². The maximum atomic E-state index is 13.0. The number of imidazole rings is 1. The molecule has 14 heteroatoms. The van der Waals surface area contributed by atoms with Crippen LogP contribution in [0, 0.1) is 0 Å². The Morgan fingerprint density at radius 2 is 1.86 bits per heavy atom. The van der Waals surface area contributed by atoms with Crippen molar-refractivity contribution in [3.8, 4) is 0 Å². The van der Waals surface area contributed by atoms with Gasteiger partial charge < -0.3 is 30.3 Å². The number of aromatic nitrogens is 2. The van der Waals surface area contributed by atoms with E-state index in [1.165, 1.54) is 17.0 Å². The van der Waals surface area contributed by atoms with Crippen LogP contribution < -0.4 is 5.32 Å². The SMILES string of the molecule is O=C(Nc1ccc(C(=O)N2CCN(C(=O)[C@@H]3C[C@@H](O)CN3C(=O)O)CC2)c(Cl)c1)c1ncc(CBr)[nH]1. The molecule has 4 N–H and O–H groups in total. The second kappa shape index (κ2) is 10.8. The second-order valence-corrected chi connectivity index (χ2v) is 9.47. The van der Waals surface area contributed by atoms with Gasteiger partial charge in [0.05, 0.1) is 23.2 Å². The molecule has 0 spiro atoms.